The molecule has 36 heavy (non-hydrogen) atoms. The smallest absolute Gasteiger partial charge is 0.273 e. The SMILES string of the molecule is CC(=O)N1CCN(C(=O)c2csc(CSc3nnc(-c4ccco4)n3-c3ccc(Cl)c(Cl)c3)n2)CC1. The molecule has 5 rings (SSSR count). The zero-order valence-corrected chi connectivity index (χ0v) is 22.2. The summed E-state index contributed by atoms with van der Waals surface area (Å²) in [4.78, 5) is 32.5. The molecule has 0 bridgehead atoms. The van der Waals surface area contributed by atoms with Gasteiger partial charge in [-0.3, -0.25) is 14.2 Å². The number of piperazine rings is 1. The third-order valence-electron chi connectivity index (χ3n) is 5.64. The lowest BCUT2D eigenvalue weighted by Crippen LogP contribution is -2.50. The molecular weight excluding hydrogens is 543 g/mol. The minimum atomic E-state index is -0.121. The normalized spacial score (nSPS) is 13.9. The highest BCUT2D eigenvalue weighted by atomic mass is 35.5. The molecule has 0 unspecified atom stereocenters. The van der Waals surface area contributed by atoms with Gasteiger partial charge in [0.1, 0.15) is 10.7 Å². The van der Waals surface area contributed by atoms with Crippen LogP contribution in [0, 0.1) is 0 Å². The summed E-state index contributed by atoms with van der Waals surface area (Å²) in [5.74, 6) is 1.49. The Hall–Kier alpha value is -2.86. The van der Waals surface area contributed by atoms with Crippen molar-refractivity contribution in [1.29, 1.82) is 0 Å². The summed E-state index contributed by atoms with van der Waals surface area (Å²) in [6.45, 7) is 3.62. The first kappa shape index (κ1) is 24.8. The molecule has 1 fully saturated rings. The largest absolute Gasteiger partial charge is 0.461 e. The molecule has 4 aromatic rings. The maximum absolute atomic E-state index is 12.9. The van der Waals surface area contributed by atoms with Gasteiger partial charge in [-0.05, 0) is 30.3 Å². The van der Waals surface area contributed by atoms with Crippen molar-refractivity contribution in [3.63, 3.8) is 0 Å². The molecule has 3 aromatic heterocycles. The van der Waals surface area contributed by atoms with Crippen LogP contribution >= 0.6 is 46.3 Å². The molecule has 0 atom stereocenters. The average Bonchev–Trinajstić information content (AvgIpc) is 3.64. The number of carbonyl (C=O) groups excluding carboxylic acids is 2. The van der Waals surface area contributed by atoms with E-state index in [1.807, 2.05) is 10.6 Å². The summed E-state index contributed by atoms with van der Waals surface area (Å²) >= 11 is 15.2. The summed E-state index contributed by atoms with van der Waals surface area (Å²) < 4.78 is 7.40. The van der Waals surface area contributed by atoms with E-state index >= 15 is 0 Å². The van der Waals surface area contributed by atoms with Crippen molar-refractivity contribution in [3.05, 3.63) is 62.7 Å². The molecular formula is C23H20Cl2N6O3S2. The van der Waals surface area contributed by atoms with Gasteiger partial charge in [0.2, 0.25) is 11.7 Å². The first-order valence-corrected chi connectivity index (χ1v) is 13.6. The monoisotopic (exact) mass is 562 g/mol. The number of nitrogens with zero attached hydrogens (tertiary/aromatic N) is 6. The second-order valence-electron chi connectivity index (χ2n) is 7.93. The van der Waals surface area contributed by atoms with Crippen LogP contribution in [0.15, 0.2) is 51.5 Å². The van der Waals surface area contributed by atoms with Crippen LogP contribution in [0.1, 0.15) is 22.4 Å². The Balaban J connectivity index is 1.32. The molecule has 1 saturated heterocycles. The van der Waals surface area contributed by atoms with Crippen molar-refractivity contribution < 1.29 is 14.0 Å². The molecule has 0 spiro atoms. The molecule has 0 N–H and O–H groups in total. The molecule has 0 saturated carbocycles. The Morgan fingerprint density at radius 3 is 2.56 bits per heavy atom. The summed E-state index contributed by atoms with van der Waals surface area (Å²) in [6.07, 6.45) is 1.57. The van der Waals surface area contributed by atoms with Crippen molar-refractivity contribution >= 4 is 58.1 Å². The van der Waals surface area contributed by atoms with E-state index in [1.165, 1.54) is 23.1 Å². The zero-order chi connectivity index (χ0) is 25.2. The van der Waals surface area contributed by atoms with Crippen LogP contribution in [0.5, 0.6) is 0 Å². The lowest BCUT2D eigenvalue weighted by Gasteiger charge is -2.33. The van der Waals surface area contributed by atoms with Gasteiger partial charge in [0.15, 0.2) is 10.9 Å². The molecule has 4 heterocycles. The van der Waals surface area contributed by atoms with Crippen molar-refractivity contribution in [3.8, 4) is 17.3 Å². The highest BCUT2D eigenvalue weighted by Crippen LogP contribution is 2.33. The Bertz CT molecular complexity index is 1400. The van der Waals surface area contributed by atoms with Gasteiger partial charge in [0.25, 0.3) is 5.91 Å². The summed E-state index contributed by atoms with van der Waals surface area (Å²) in [6, 6.07) is 8.88. The van der Waals surface area contributed by atoms with Crippen LogP contribution < -0.4 is 0 Å². The summed E-state index contributed by atoms with van der Waals surface area (Å²) in [7, 11) is 0. The highest BCUT2D eigenvalue weighted by molar-refractivity contribution is 7.98. The van der Waals surface area contributed by atoms with Crippen molar-refractivity contribution in [2.24, 2.45) is 0 Å². The Kier molecular flexibility index (Phi) is 7.33. The molecule has 186 valence electrons. The minimum Gasteiger partial charge on any atom is -0.461 e. The lowest BCUT2D eigenvalue weighted by atomic mass is 10.3. The number of halogens is 2. The Morgan fingerprint density at radius 2 is 1.86 bits per heavy atom. The molecule has 1 aliphatic rings. The highest BCUT2D eigenvalue weighted by Gasteiger charge is 2.25. The minimum absolute atomic E-state index is 0.0268. The van der Waals surface area contributed by atoms with Gasteiger partial charge in [0.05, 0.1) is 27.7 Å². The number of carbonyl (C=O) groups is 2. The van der Waals surface area contributed by atoms with E-state index < -0.39 is 0 Å². The fourth-order valence-corrected chi connectivity index (χ4v) is 5.80. The number of benzene rings is 1. The number of hydrogen-bond donors (Lipinski definition) is 0. The number of rotatable bonds is 6. The van der Waals surface area contributed by atoms with Gasteiger partial charge in [-0.15, -0.1) is 21.5 Å². The fraction of sp³-hybridized carbons (Fsp3) is 0.261. The third kappa shape index (κ3) is 5.15. The molecule has 1 aromatic carbocycles. The zero-order valence-electron chi connectivity index (χ0n) is 19.1. The van der Waals surface area contributed by atoms with E-state index in [1.54, 1.807) is 52.6 Å². The first-order chi connectivity index (χ1) is 17.4. The number of thioether (sulfide) groups is 1. The van der Waals surface area contributed by atoms with Crippen LogP contribution in [0.4, 0.5) is 0 Å². The van der Waals surface area contributed by atoms with E-state index in [9.17, 15) is 9.59 Å². The average molecular weight is 563 g/mol. The Labute approximate surface area is 225 Å². The maximum Gasteiger partial charge on any atom is 0.273 e. The third-order valence-corrected chi connectivity index (χ3v) is 8.35. The van der Waals surface area contributed by atoms with Crippen LogP contribution in [0.3, 0.4) is 0 Å². The lowest BCUT2D eigenvalue weighted by molar-refractivity contribution is -0.130. The van der Waals surface area contributed by atoms with Crippen LogP contribution in [0.25, 0.3) is 17.3 Å². The molecule has 9 nitrogen and oxygen atoms in total. The van der Waals surface area contributed by atoms with Crippen LogP contribution in [-0.4, -0.2) is 67.5 Å². The van der Waals surface area contributed by atoms with E-state index in [4.69, 9.17) is 27.6 Å². The van der Waals surface area contributed by atoms with Crippen molar-refractivity contribution in [2.75, 3.05) is 26.2 Å². The van der Waals surface area contributed by atoms with E-state index in [2.05, 4.69) is 15.2 Å². The van der Waals surface area contributed by atoms with Gasteiger partial charge in [-0.25, -0.2) is 4.98 Å². The second kappa shape index (κ2) is 10.6. The van der Waals surface area contributed by atoms with Crippen LogP contribution in [0.2, 0.25) is 10.0 Å². The Morgan fingerprint density at radius 1 is 1.08 bits per heavy atom. The molecule has 13 heteroatoms. The fourth-order valence-electron chi connectivity index (χ4n) is 3.77. The number of hydrogen-bond acceptors (Lipinski definition) is 8. The van der Waals surface area contributed by atoms with Crippen molar-refractivity contribution in [1.82, 2.24) is 29.5 Å². The summed E-state index contributed by atoms with van der Waals surface area (Å²) in [5, 5.41) is 12.7. The molecule has 2 amide bonds. The van der Waals surface area contributed by atoms with Crippen molar-refractivity contribution in [2.45, 2.75) is 17.8 Å². The van der Waals surface area contributed by atoms with Gasteiger partial charge in [-0.2, -0.15) is 0 Å². The predicted octanol–water partition coefficient (Wildman–Crippen LogP) is 4.89. The topological polar surface area (TPSA) is 97.4 Å². The number of amides is 2. The van der Waals surface area contributed by atoms with E-state index in [0.717, 1.165) is 10.7 Å². The van der Waals surface area contributed by atoms with E-state index in [0.29, 0.717) is 64.4 Å². The standard InChI is InChI=1S/C23H20Cl2N6O3S2/c1-14(32)29-6-8-30(9-7-29)22(33)18-12-35-20(26-18)13-36-23-28-27-21(19-3-2-10-34-19)31(23)15-4-5-16(24)17(25)11-15/h2-5,10-12H,6-9,13H2,1H3. The summed E-state index contributed by atoms with van der Waals surface area (Å²) in [5.41, 5.74) is 1.15. The van der Waals surface area contributed by atoms with E-state index in [-0.39, 0.29) is 11.8 Å². The predicted molar refractivity (Wildman–Crippen MR) is 139 cm³/mol. The molecule has 0 aliphatic carbocycles. The number of thiazole rings is 1. The van der Waals surface area contributed by atoms with Gasteiger partial charge in [0, 0.05) is 38.5 Å². The van der Waals surface area contributed by atoms with Gasteiger partial charge < -0.3 is 14.2 Å². The second-order valence-corrected chi connectivity index (χ2v) is 10.6. The van der Waals surface area contributed by atoms with Crippen LogP contribution in [-0.2, 0) is 10.5 Å². The van der Waals surface area contributed by atoms with Gasteiger partial charge >= 0.3 is 0 Å². The maximum atomic E-state index is 12.9. The number of aromatic nitrogens is 4. The first-order valence-electron chi connectivity index (χ1n) is 11.0. The molecule has 0 radical (unpaired) electrons. The quantitative estimate of drug-likeness (QED) is 0.308. The molecule has 1 aliphatic heterocycles. The number of furan rings is 1. The van der Waals surface area contributed by atoms with Gasteiger partial charge in [-0.1, -0.05) is 35.0 Å².